The fourth-order valence-corrected chi connectivity index (χ4v) is 2.86. The van der Waals surface area contributed by atoms with E-state index in [-0.39, 0.29) is 18.4 Å². The molecule has 0 spiro atoms. The topological polar surface area (TPSA) is 55.6 Å². The van der Waals surface area contributed by atoms with Gasteiger partial charge in [0.2, 0.25) is 0 Å². The highest BCUT2D eigenvalue weighted by Gasteiger charge is 2.13. The van der Waals surface area contributed by atoms with E-state index >= 15 is 0 Å². The van der Waals surface area contributed by atoms with Crippen molar-refractivity contribution in [1.82, 2.24) is 4.90 Å². The normalized spacial score (nSPS) is 16.9. The Hall–Kier alpha value is -1.39. The molecule has 1 aromatic rings. The fourth-order valence-electron chi connectivity index (χ4n) is 2.86. The molecule has 1 aliphatic rings. The van der Waals surface area contributed by atoms with E-state index < -0.39 is 0 Å². The van der Waals surface area contributed by atoms with Gasteiger partial charge in [0.25, 0.3) is 0 Å². The molecule has 1 atom stereocenters. The second-order valence-electron chi connectivity index (χ2n) is 5.78. The van der Waals surface area contributed by atoms with Gasteiger partial charge in [-0.1, -0.05) is 24.3 Å². The van der Waals surface area contributed by atoms with Crippen molar-refractivity contribution < 1.29 is 9.53 Å². The van der Waals surface area contributed by atoms with Crippen LogP contribution in [-0.2, 0) is 22.5 Å². The molecule has 4 heteroatoms. The van der Waals surface area contributed by atoms with E-state index in [1.165, 1.54) is 37.1 Å². The van der Waals surface area contributed by atoms with Crippen LogP contribution in [0.25, 0.3) is 0 Å². The van der Waals surface area contributed by atoms with Gasteiger partial charge >= 0.3 is 5.97 Å². The first kappa shape index (κ1) is 16.0. The molecular weight excluding hydrogens is 264 g/mol. The Kier molecular flexibility index (Phi) is 6.21. The number of nitrogens with zero attached hydrogens (tertiary/aromatic N) is 1. The Bertz CT molecular complexity index is 456. The summed E-state index contributed by atoms with van der Waals surface area (Å²) in [5.41, 5.74) is 8.57. The highest BCUT2D eigenvalue weighted by molar-refractivity contribution is 5.70. The minimum atomic E-state index is -0.210. The summed E-state index contributed by atoms with van der Waals surface area (Å²) in [5, 5.41) is 0. The zero-order valence-electron chi connectivity index (χ0n) is 12.9. The molecule has 0 saturated carbocycles. The molecule has 1 aromatic carbocycles. The molecule has 0 aliphatic carbocycles. The zero-order chi connectivity index (χ0) is 15.1. The Morgan fingerprint density at radius 3 is 2.76 bits per heavy atom. The maximum absolute atomic E-state index is 11.4. The van der Waals surface area contributed by atoms with Crippen molar-refractivity contribution in [2.24, 2.45) is 5.73 Å². The van der Waals surface area contributed by atoms with Gasteiger partial charge in [-0.2, -0.15) is 0 Å². The maximum atomic E-state index is 11.4. The summed E-state index contributed by atoms with van der Waals surface area (Å²) in [6.07, 6.45) is 3.62. The van der Waals surface area contributed by atoms with Gasteiger partial charge in [0.1, 0.15) is 0 Å². The molecule has 0 amide bonds. The van der Waals surface area contributed by atoms with Crippen molar-refractivity contribution in [2.75, 3.05) is 19.7 Å². The van der Waals surface area contributed by atoms with Gasteiger partial charge in [-0.15, -0.1) is 0 Å². The van der Waals surface area contributed by atoms with Crippen LogP contribution in [0, 0.1) is 0 Å². The molecule has 21 heavy (non-hydrogen) atoms. The summed E-state index contributed by atoms with van der Waals surface area (Å²) < 4.78 is 4.94. The Morgan fingerprint density at radius 2 is 2.05 bits per heavy atom. The number of nitrogens with two attached hydrogens (primary N) is 1. The van der Waals surface area contributed by atoms with Crippen LogP contribution in [0.1, 0.15) is 37.3 Å². The monoisotopic (exact) mass is 290 g/mol. The van der Waals surface area contributed by atoms with E-state index in [1.54, 1.807) is 0 Å². The van der Waals surface area contributed by atoms with E-state index in [0.29, 0.717) is 13.0 Å². The smallest absolute Gasteiger partial charge is 0.307 e. The Labute approximate surface area is 127 Å². The van der Waals surface area contributed by atoms with E-state index in [4.69, 9.17) is 10.5 Å². The lowest BCUT2D eigenvalue weighted by Gasteiger charge is -2.16. The third-order valence-electron chi connectivity index (χ3n) is 3.83. The number of hydrogen-bond acceptors (Lipinski definition) is 4. The molecule has 116 valence electrons. The molecular formula is C17H26N2O2. The minimum Gasteiger partial charge on any atom is -0.466 e. The van der Waals surface area contributed by atoms with Crippen LogP contribution in [0.5, 0.6) is 0 Å². The van der Waals surface area contributed by atoms with E-state index in [9.17, 15) is 4.79 Å². The van der Waals surface area contributed by atoms with E-state index in [2.05, 4.69) is 29.2 Å². The number of likely N-dealkylation sites (tertiary alicyclic amines) is 1. The summed E-state index contributed by atoms with van der Waals surface area (Å²) in [6, 6.07) is 8.37. The zero-order valence-corrected chi connectivity index (χ0v) is 12.9. The van der Waals surface area contributed by atoms with E-state index in [1.807, 2.05) is 6.92 Å². The lowest BCUT2D eigenvalue weighted by molar-refractivity contribution is -0.143. The number of esters is 1. The van der Waals surface area contributed by atoms with Gasteiger partial charge in [0.15, 0.2) is 0 Å². The molecule has 0 aromatic heterocycles. The predicted octanol–water partition coefficient (Wildman–Crippen LogP) is 2.11. The first-order valence-corrected chi connectivity index (χ1v) is 7.88. The highest BCUT2D eigenvalue weighted by atomic mass is 16.5. The largest absolute Gasteiger partial charge is 0.466 e. The van der Waals surface area contributed by atoms with Gasteiger partial charge in [-0.3, -0.25) is 9.69 Å². The lowest BCUT2D eigenvalue weighted by Crippen LogP contribution is -2.27. The lowest BCUT2D eigenvalue weighted by atomic mass is 10.0. The number of ether oxygens (including phenoxy) is 1. The maximum Gasteiger partial charge on any atom is 0.307 e. The molecule has 4 nitrogen and oxygen atoms in total. The van der Waals surface area contributed by atoms with Crippen molar-refractivity contribution in [3.8, 4) is 0 Å². The summed E-state index contributed by atoms with van der Waals surface area (Å²) >= 11 is 0. The standard InChI is InChI=1S/C17H26N2O2/c1-2-21-17(20)12-16(18)11-14-6-5-7-15(10-14)13-19-8-3-4-9-19/h5-7,10,16H,2-4,8-9,11-13,18H2,1H3. The number of benzene rings is 1. The summed E-state index contributed by atoms with van der Waals surface area (Å²) in [7, 11) is 0. The molecule has 1 fully saturated rings. The average molecular weight is 290 g/mol. The first-order valence-electron chi connectivity index (χ1n) is 7.88. The number of carbonyl (C=O) groups is 1. The van der Waals surface area contributed by atoms with Gasteiger partial charge in [-0.25, -0.2) is 0 Å². The average Bonchev–Trinajstić information content (AvgIpc) is 2.92. The first-order chi connectivity index (χ1) is 10.2. The minimum absolute atomic E-state index is 0.175. The fraction of sp³-hybridized carbons (Fsp3) is 0.588. The van der Waals surface area contributed by atoms with E-state index in [0.717, 1.165) is 6.54 Å². The van der Waals surface area contributed by atoms with Crippen molar-refractivity contribution in [3.05, 3.63) is 35.4 Å². The number of rotatable bonds is 7. The molecule has 0 radical (unpaired) electrons. The van der Waals surface area contributed by atoms with Crippen LogP contribution in [0.15, 0.2) is 24.3 Å². The highest BCUT2D eigenvalue weighted by Crippen LogP contribution is 2.15. The quantitative estimate of drug-likeness (QED) is 0.781. The van der Waals surface area contributed by atoms with Crippen LogP contribution >= 0.6 is 0 Å². The summed E-state index contributed by atoms with van der Waals surface area (Å²) in [4.78, 5) is 13.9. The van der Waals surface area contributed by atoms with Gasteiger partial charge in [0.05, 0.1) is 13.0 Å². The van der Waals surface area contributed by atoms with Crippen LogP contribution < -0.4 is 5.73 Å². The summed E-state index contributed by atoms with van der Waals surface area (Å²) in [6.45, 7) is 5.64. The molecule has 2 N–H and O–H groups in total. The van der Waals surface area contributed by atoms with Gasteiger partial charge in [0, 0.05) is 12.6 Å². The van der Waals surface area contributed by atoms with Crippen LogP contribution in [-0.4, -0.2) is 36.6 Å². The van der Waals surface area contributed by atoms with Crippen LogP contribution in [0.4, 0.5) is 0 Å². The van der Waals surface area contributed by atoms with Gasteiger partial charge < -0.3 is 10.5 Å². The SMILES string of the molecule is CCOC(=O)CC(N)Cc1cccc(CN2CCCC2)c1. The number of carbonyl (C=O) groups excluding carboxylic acids is 1. The van der Waals surface area contributed by atoms with Crippen molar-refractivity contribution in [1.29, 1.82) is 0 Å². The van der Waals surface area contributed by atoms with Gasteiger partial charge in [-0.05, 0) is 50.4 Å². The molecule has 1 saturated heterocycles. The van der Waals surface area contributed by atoms with Crippen molar-refractivity contribution >= 4 is 5.97 Å². The Morgan fingerprint density at radius 1 is 1.33 bits per heavy atom. The third kappa shape index (κ3) is 5.48. The summed E-state index contributed by atoms with van der Waals surface area (Å²) in [5.74, 6) is -0.210. The third-order valence-corrected chi connectivity index (χ3v) is 3.83. The molecule has 1 heterocycles. The van der Waals surface area contributed by atoms with Crippen molar-refractivity contribution in [2.45, 2.75) is 45.2 Å². The predicted molar refractivity (Wildman–Crippen MR) is 83.9 cm³/mol. The van der Waals surface area contributed by atoms with Crippen LogP contribution in [0.2, 0.25) is 0 Å². The molecule has 1 aliphatic heterocycles. The second kappa shape index (κ2) is 8.15. The second-order valence-corrected chi connectivity index (χ2v) is 5.78. The van der Waals surface area contributed by atoms with Crippen LogP contribution in [0.3, 0.4) is 0 Å². The molecule has 1 unspecified atom stereocenters. The molecule has 0 bridgehead atoms. The Balaban J connectivity index is 1.86. The van der Waals surface area contributed by atoms with Crippen molar-refractivity contribution in [3.63, 3.8) is 0 Å². The molecule has 2 rings (SSSR count). The number of hydrogen-bond donors (Lipinski definition) is 1.